The van der Waals surface area contributed by atoms with E-state index >= 15 is 0 Å². The molecular weight excluding hydrogens is 251 g/mol. The predicted molar refractivity (Wildman–Crippen MR) is 54.8 cm³/mol. The number of carbonyl (C=O) groups excluding carboxylic acids is 1. The van der Waals surface area contributed by atoms with Gasteiger partial charge in [0.2, 0.25) is 0 Å². The maximum absolute atomic E-state index is 12.6. The third kappa shape index (κ3) is 2.53. The Kier molecular flexibility index (Phi) is 2.99. The molecule has 2 rings (SSSR count). The van der Waals surface area contributed by atoms with Gasteiger partial charge in [-0.3, -0.25) is 0 Å². The Morgan fingerprint density at radius 2 is 1.94 bits per heavy atom. The number of hydrazine groups is 1. The molecule has 0 radical (unpaired) electrons. The summed E-state index contributed by atoms with van der Waals surface area (Å²) in [6, 6.07) is 4.27. The highest BCUT2D eigenvalue weighted by Crippen LogP contribution is 2.11. The maximum atomic E-state index is 12.6. The topological polar surface area (TPSA) is 75.7 Å². The number of amides is 1. The number of halogens is 1. The fourth-order valence-electron chi connectivity index (χ4n) is 1.29. The maximum Gasteiger partial charge on any atom is 0.425 e. The summed E-state index contributed by atoms with van der Waals surface area (Å²) in [6.45, 7) is 0.268. The number of sulfonamides is 1. The number of cyclic esters (lactones) is 1. The summed E-state index contributed by atoms with van der Waals surface area (Å²) < 4.78 is 40.7. The van der Waals surface area contributed by atoms with Crippen molar-refractivity contribution in [3.8, 4) is 0 Å². The number of rotatable bonds is 3. The minimum absolute atomic E-state index is 0.126. The minimum Gasteiger partial charge on any atom is -0.446 e. The number of nitrogens with one attached hydrogen (secondary N) is 1. The Morgan fingerprint density at radius 1 is 1.29 bits per heavy atom. The molecule has 0 spiro atoms. The first-order valence-electron chi connectivity index (χ1n) is 4.71. The lowest BCUT2D eigenvalue weighted by atomic mass is 10.4. The van der Waals surface area contributed by atoms with E-state index in [1.165, 1.54) is 0 Å². The van der Waals surface area contributed by atoms with E-state index in [1.807, 2.05) is 4.83 Å². The third-order valence-corrected chi connectivity index (χ3v) is 3.47. The lowest BCUT2D eigenvalue weighted by Gasteiger charge is -2.14. The van der Waals surface area contributed by atoms with Crippen molar-refractivity contribution in [2.75, 3.05) is 13.2 Å². The van der Waals surface area contributed by atoms with E-state index in [9.17, 15) is 17.6 Å². The summed E-state index contributed by atoms with van der Waals surface area (Å²) in [5.41, 5.74) is 0. The quantitative estimate of drug-likeness (QED) is 0.857. The average Bonchev–Trinajstić information content (AvgIpc) is 2.64. The molecule has 1 aromatic carbocycles. The zero-order valence-electron chi connectivity index (χ0n) is 8.59. The van der Waals surface area contributed by atoms with E-state index in [0.29, 0.717) is 0 Å². The van der Waals surface area contributed by atoms with Gasteiger partial charge < -0.3 is 4.74 Å². The molecule has 1 aromatic rings. The van der Waals surface area contributed by atoms with Crippen LogP contribution in [-0.2, 0) is 14.8 Å². The molecule has 1 aliphatic heterocycles. The van der Waals surface area contributed by atoms with Gasteiger partial charge in [-0.15, -0.1) is 4.83 Å². The van der Waals surface area contributed by atoms with Crippen LogP contribution in [0.4, 0.5) is 9.18 Å². The molecule has 1 fully saturated rings. The van der Waals surface area contributed by atoms with Crippen molar-refractivity contribution < 1.29 is 22.3 Å². The Bertz CT molecular complexity index is 528. The average molecular weight is 260 g/mol. The molecule has 1 N–H and O–H groups in total. The Hall–Kier alpha value is -1.67. The lowest BCUT2D eigenvalue weighted by molar-refractivity contribution is 0.154. The molecule has 1 saturated heterocycles. The van der Waals surface area contributed by atoms with Crippen LogP contribution < -0.4 is 4.83 Å². The van der Waals surface area contributed by atoms with Crippen LogP contribution in [0, 0.1) is 5.82 Å². The first kappa shape index (κ1) is 11.8. The van der Waals surface area contributed by atoms with Gasteiger partial charge in [-0.05, 0) is 24.3 Å². The van der Waals surface area contributed by atoms with Crippen molar-refractivity contribution >= 4 is 16.1 Å². The van der Waals surface area contributed by atoms with Crippen LogP contribution in [0.2, 0.25) is 0 Å². The fourth-order valence-corrected chi connectivity index (χ4v) is 2.34. The van der Waals surface area contributed by atoms with Gasteiger partial charge in [0, 0.05) is 0 Å². The van der Waals surface area contributed by atoms with Crippen LogP contribution in [0.3, 0.4) is 0 Å². The van der Waals surface area contributed by atoms with Gasteiger partial charge in [-0.1, -0.05) is 0 Å². The van der Waals surface area contributed by atoms with Crippen LogP contribution in [0.1, 0.15) is 0 Å². The molecule has 0 aromatic heterocycles. The van der Waals surface area contributed by atoms with E-state index in [0.717, 1.165) is 29.3 Å². The molecule has 92 valence electrons. The van der Waals surface area contributed by atoms with Crippen molar-refractivity contribution in [2.24, 2.45) is 0 Å². The summed E-state index contributed by atoms with van der Waals surface area (Å²) in [7, 11) is -3.88. The van der Waals surface area contributed by atoms with E-state index in [4.69, 9.17) is 0 Å². The lowest BCUT2D eigenvalue weighted by Crippen LogP contribution is -2.42. The molecule has 1 heterocycles. The second kappa shape index (κ2) is 4.30. The van der Waals surface area contributed by atoms with Crippen LogP contribution in [0.25, 0.3) is 0 Å². The van der Waals surface area contributed by atoms with E-state index in [-0.39, 0.29) is 18.0 Å². The van der Waals surface area contributed by atoms with Gasteiger partial charge in [-0.25, -0.2) is 22.6 Å². The van der Waals surface area contributed by atoms with Gasteiger partial charge in [0.15, 0.2) is 0 Å². The number of nitrogens with zero attached hydrogens (tertiary/aromatic N) is 1. The highest BCUT2D eigenvalue weighted by Gasteiger charge is 2.27. The summed E-state index contributed by atoms with van der Waals surface area (Å²) in [5, 5.41) is 0.846. The van der Waals surface area contributed by atoms with Gasteiger partial charge in [0.25, 0.3) is 10.0 Å². The first-order valence-corrected chi connectivity index (χ1v) is 6.20. The minimum atomic E-state index is -3.88. The van der Waals surface area contributed by atoms with Crippen molar-refractivity contribution in [1.82, 2.24) is 9.84 Å². The monoisotopic (exact) mass is 260 g/mol. The summed E-state index contributed by atoms with van der Waals surface area (Å²) >= 11 is 0. The van der Waals surface area contributed by atoms with Crippen molar-refractivity contribution in [1.29, 1.82) is 0 Å². The predicted octanol–water partition coefficient (Wildman–Crippen LogP) is 0.471. The van der Waals surface area contributed by atoms with Gasteiger partial charge in [0.1, 0.15) is 12.4 Å². The smallest absolute Gasteiger partial charge is 0.425 e. The zero-order valence-corrected chi connectivity index (χ0v) is 9.41. The van der Waals surface area contributed by atoms with E-state index in [2.05, 4.69) is 4.74 Å². The zero-order chi connectivity index (χ0) is 12.5. The van der Waals surface area contributed by atoms with Crippen molar-refractivity contribution in [3.63, 3.8) is 0 Å². The molecule has 6 nitrogen and oxygen atoms in total. The SMILES string of the molecule is O=C1OCCN1NS(=O)(=O)c1ccc(F)cc1. The summed E-state index contributed by atoms with van der Waals surface area (Å²) in [6.07, 6.45) is -0.754. The second-order valence-electron chi connectivity index (χ2n) is 3.31. The van der Waals surface area contributed by atoms with Gasteiger partial charge >= 0.3 is 6.09 Å². The van der Waals surface area contributed by atoms with Crippen LogP contribution >= 0.6 is 0 Å². The number of ether oxygens (including phenoxy) is 1. The van der Waals surface area contributed by atoms with Crippen LogP contribution in [0.15, 0.2) is 29.2 Å². The molecule has 0 atom stereocenters. The molecule has 17 heavy (non-hydrogen) atoms. The van der Waals surface area contributed by atoms with Gasteiger partial charge in [-0.2, -0.15) is 0 Å². The molecule has 8 heteroatoms. The Morgan fingerprint density at radius 3 is 2.47 bits per heavy atom. The number of hydrogen-bond acceptors (Lipinski definition) is 4. The Labute approximate surface area is 97.0 Å². The largest absolute Gasteiger partial charge is 0.446 e. The van der Waals surface area contributed by atoms with Crippen molar-refractivity contribution in [3.05, 3.63) is 30.1 Å². The highest BCUT2D eigenvalue weighted by atomic mass is 32.2. The second-order valence-corrected chi connectivity index (χ2v) is 4.98. The van der Waals surface area contributed by atoms with Gasteiger partial charge in [0.05, 0.1) is 11.4 Å². The molecule has 0 unspecified atom stereocenters. The van der Waals surface area contributed by atoms with E-state index in [1.54, 1.807) is 0 Å². The molecule has 0 bridgehead atoms. The molecular formula is C9H9FN2O4S. The molecule has 0 aliphatic carbocycles. The molecule has 0 saturated carbocycles. The molecule has 1 amide bonds. The third-order valence-electron chi connectivity index (χ3n) is 2.12. The number of carbonyl (C=O) groups is 1. The van der Waals surface area contributed by atoms with E-state index < -0.39 is 21.9 Å². The highest BCUT2D eigenvalue weighted by molar-refractivity contribution is 7.89. The van der Waals surface area contributed by atoms with Crippen LogP contribution in [0.5, 0.6) is 0 Å². The number of hydrogen-bond donors (Lipinski definition) is 1. The van der Waals surface area contributed by atoms with Crippen LogP contribution in [-0.4, -0.2) is 32.7 Å². The summed E-state index contributed by atoms with van der Waals surface area (Å²) in [4.78, 5) is 13.0. The normalized spacial score (nSPS) is 16.1. The van der Waals surface area contributed by atoms with Crippen molar-refractivity contribution in [2.45, 2.75) is 4.90 Å². The standard InChI is InChI=1S/C9H9FN2O4S/c10-7-1-3-8(4-2-7)17(14,15)11-12-5-6-16-9(12)13/h1-4,11H,5-6H2. The summed E-state index contributed by atoms with van der Waals surface area (Å²) in [5.74, 6) is -0.537. The number of benzene rings is 1. The first-order chi connectivity index (χ1) is 7.99. The Balaban J connectivity index is 2.19. The molecule has 1 aliphatic rings. The fraction of sp³-hybridized carbons (Fsp3) is 0.222.